The van der Waals surface area contributed by atoms with Crippen molar-refractivity contribution in [3.8, 4) is 17.0 Å². The van der Waals surface area contributed by atoms with Gasteiger partial charge in [-0.1, -0.05) is 0 Å². The lowest BCUT2D eigenvalue weighted by Gasteiger charge is -2.14. The summed E-state index contributed by atoms with van der Waals surface area (Å²) in [5, 5.41) is 0. The summed E-state index contributed by atoms with van der Waals surface area (Å²) < 4.78 is 5.62. The van der Waals surface area contributed by atoms with Crippen molar-refractivity contribution in [2.75, 3.05) is 0 Å². The van der Waals surface area contributed by atoms with Crippen molar-refractivity contribution in [2.24, 2.45) is 5.73 Å². The van der Waals surface area contributed by atoms with Crippen LogP contribution in [0.4, 0.5) is 0 Å². The minimum absolute atomic E-state index is 0.183. The van der Waals surface area contributed by atoms with Crippen LogP contribution in [-0.2, 0) is 5.54 Å². The van der Waals surface area contributed by atoms with Gasteiger partial charge in [-0.25, -0.2) is 4.98 Å². The highest BCUT2D eigenvalue weighted by Crippen LogP contribution is 2.23. The van der Waals surface area contributed by atoms with Gasteiger partial charge in [0.25, 0.3) is 0 Å². The molecule has 0 saturated heterocycles. The van der Waals surface area contributed by atoms with Crippen LogP contribution in [0.25, 0.3) is 11.3 Å². The van der Waals surface area contributed by atoms with Crippen LogP contribution < -0.4 is 10.5 Å². The van der Waals surface area contributed by atoms with Crippen LogP contribution in [0, 0.1) is 0 Å². The number of aromatic nitrogens is 2. The molecule has 0 amide bonds. The monoisotopic (exact) mass is 259 g/mol. The fourth-order valence-corrected chi connectivity index (χ4v) is 1.78. The first kappa shape index (κ1) is 13.6. The van der Waals surface area contributed by atoms with Gasteiger partial charge in [0, 0.05) is 0 Å². The normalized spacial score (nSPS) is 11.9. The number of H-pyrrole nitrogens is 1. The standard InChI is InChI=1S/C15H21N3O/c1-10(2)19-12-7-5-11(6-8-12)13-9-17-14(18-13)15(3,4)16/h5-10H,16H2,1-4H3,(H,17,18). The molecule has 0 unspecified atom stereocenters. The van der Waals surface area contributed by atoms with Gasteiger partial charge >= 0.3 is 0 Å². The van der Waals surface area contributed by atoms with Crippen LogP contribution >= 0.6 is 0 Å². The lowest BCUT2D eigenvalue weighted by Crippen LogP contribution is -2.30. The van der Waals surface area contributed by atoms with Crippen LogP contribution in [0.3, 0.4) is 0 Å². The summed E-state index contributed by atoms with van der Waals surface area (Å²) in [6.45, 7) is 7.88. The van der Waals surface area contributed by atoms with E-state index in [-0.39, 0.29) is 6.10 Å². The van der Waals surface area contributed by atoms with Gasteiger partial charge in [-0.2, -0.15) is 0 Å². The van der Waals surface area contributed by atoms with Crippen molar-refractivity contribution in [1.29, 1.82) is 0 Å². The third kappa shape index (κ3) is 3.35. The van der Waals surface area contributed by atoms with Crippen molar-refractivity contribution >= 4 is 0 Å². The maximum Gasteiger partial charge on any atom is 0.126 e. The Hall–Kier alpha value is -1.81. The van der Waals surface area contributed by atoms with Crippen molar-refractivity contribution < 1.29 is 4.74 Å². The largest absolute Gasteiger partial charge is 0.491 e. The molecule has 0 spiro atoms. The second-order valence-electron chi connectivity index (χ2n) is 5.56. The highest BCUT2D eigenvalue weighted by Gasteiger charge is 2.18. The van der Waals surface area contributed by atoms with Crippen molar-refractivity contribution in [1.82, 2.24) is 9.97 Å². The Bertz CT molecular complexity index is 535. The Morgan fingerprint density at radius 1 is 1.21 bits per heavy atom. The number of aromatic amines is 1. The summed E-state index contributed by atoms with van der Waals surface area (Å²) in [6.07, 6.45) is 1.99. The van der Waals surface area contributed by atoms with Gasteiger partial charge in [0.05, 0.1) is 23.5 Å². The van der Waals surface area contributed by atoms with Crippen molar-refractivity contribution in [2.45, 2.75) is 39.3 Å². The number of nitrogens with one attached hydrogen (secondary N) is 1. The first-order chi connectivity index (χ1) is 8.86. The van der Waals surface area contributed by atoms with E-state index >= 15 is 0 Å². The van der Waals surface area contributed by atoms with Gasteiger partial charge < -0.3 is 15.5 Å². The zero-order valence-electron chi connectivity index (χ0n) is 11.9. The van der Waals surface area contributed by atoms with E-state index in [2.05, 4.69) is 9.97 Å². The smallest absolute Gasteiger partial charge is 0.126 e. The first-order valence-electron chi connectivity index (χ1n) is 6.48. The molecule has 1 heterocycles. The summed E-state index contributed by atoms with van der Waals surface area (Å²) in [5.41, 5.74) is 7.59. The number of rotatable bonds is 4. The Balaban J connectivity index is 2.20. The topological polar surface area (TPSA) is 63.9 Å². The minimum Gasteiger partial charge on any atom is -0.491 e. The average molecular weight is 259 g/mol. The molecule has 1 aromatic carbocycles. The summed E-state index contributed by atoms with van der Waals surface area (Å²) in [6, 6.07) is 7.95. The predicted molar refractivity (Wildman–Crippen MR) is 77.0 cm³/mol. The highest BCUT2D eigenvalue weighted by atomic mass is 16.5. The number of hydrogen-bond donors (Lipinski definition) is 2. The molecule has 19 heavy (non-hydrogen) atoms. The van der Waals surface area contributed by atoms with Crippen LogP contribution in [0.2, 0.25) is 0 Å². The molecule has 0 radical (unpaired) electrons. The van der Waals surface area contributed by atoms with Gasteiger partial charge in [-0.05, 0) is 57.5 Å². The number of imidazole rings is 1. The molecule has 0 saturated carbocycles. The number of nitrogens with two attached hydrogens (primary N) is 1. The van der Waals surface area contributed by atoms with Crippen molar-refractivity contribution in [3.63, 3.8) is 0 Å². The SMILES string of the molecule is CC(C)Oc1ccc(-c2cnc(C(C)(C)N)[nH]2)cc1. The third-order valence-electron chi connectivity index (χ3n) is 2.72. The van der Waals surface area contributed by atoms with E-state index in [1.165, 1.54) is 0 Å². The van der Waals surface area contributed by atoms with E-state index in [1.54, 1.807) is 0 Å². The second kappa shape index (κ2) is 5.05. The van der Waals surface area contributed by atoms with E-state index in [0.717, 1.165) is 22.8 Å². The van der Waals surface area contributed by atoms with E-state index < -0.39 is 5.54 Å². The van der Waals surface area contributed by atoms with Gasteiger partial charge in [0.15, 0.2) is 0 Å². The summed E-state index contributed by atoms with van der Waals surface area (Å²) in [7, 11) is 0. The molecular formula is C15H21N3O. The molecule has 2 rings (SSSR count). The summed E-state index contributed by atoms with van der Waals surface area (Å²) in [5.74, 6) is 1.66. The number of benzene rings is 1. The Kier molecular flexibility index (Phi) is 3.62. The maximum atomic E-state index is 6.01. The summed E-state index contributed by atoms with van der Waals surface area (Å²) in [4.78, 5) is 7.58. The van der Waals surface area contributed by atoms with E-state index in [9.17, 15) is 0 Å². The van der Waals surface area contributed by atoms with E-state index in [4.69, 9.17) is 10.5 Å². The molecule has 102 valence electrons. The number of nitrogens with zero attached hydrogens (tertiary/aromatic N) is 1. The quantitative estimate of drug-likeness (QED) is 0.887. The van der Waals surface area contributed by atoms with Crippen LogP contribution in [0.5, 0.6) is 5.75 Å². The minimum atomic E-state index is -0.459. The maximum absolute atomic E-state index is 6.01. The molecule has 3 N–H and O–H groups in total. The predicted octanol–water partition coefficient (Wildman–Crippen LogP) is 3.06. The number of hydrogen-bond acceptors (Lipinski definition) is 3. The van der Waals surface area contributed by atoms with Crippen LogP contribution in [-0.4, -0.2) is 16.1 Å². The fourth-order valence-electron chi connectivity index (χ4n) is 1.78. The Morgan fingerprint density at radius 2 is 1.84 bits per heavy atom. The fraction of sp³-hybridized carbons (Fsp3) is 0.400. The first-order valence-corrected chi connectivity index (χ1v) is 6.48. The number of ether oxygens (including phenoxy) is 1. The van der Waals surface area contributed by atoms with Gasteiger partial charge in [0.2, 0.25) is 0 Å². The average Bonchev–Trinajstić information content (AvgIpc) is 2.78. The zero-order chi connectivity index (χ0) is 14.0. The molecule has 2 aromatic rings. The highest BCUT2D eigenvalue weighted by molar-refractivity contribution is 5.59. The molecule has 0 aliphatic rings. The third-order valence-corrected chi connectivity index (χ3v) is 2.72. The van der Waals surface area contributed by atoms with Gasteiger partial charge in [0.1, 0.15) is 11.6 Å². The van der Waals surface area contributed by atoms with E-state index in [1.807, 2.05) is 58.2 Å². The van der Waals surface area contributed by atoms with Gasteiger partial charge in [-0.3, -0.25) is 0 Å². The molecule has 4 heteroatoms. The molecule has 0 aliphatic carbocycles. The molecule has 0 atom stereocenters. The van der Waals surface area contributed by atoms with Crippen LogP contribution in [0.1, 0.15) is 33.5 Å². The zero-order valence-corrected chi connectivity index (χ0v) is 11.9. The molecule has 4 nitrogen and oxygen atoms in total. The van der Waals surface area contributed by atoms with Gasteiger partial charge in [-0.15, -0.1) is 0 Å². The molecule has 0 aliphatic heterocycles. The second-order valence-corrected chi connectivity index (χ2v) is 5.56. The summed E-state index contributed by atoms with van der Waals surface area (Å²) >= 11 is 0. The Morgan fingerprint density at radius 3 is 2.32 bits per heavy atom. The van der Waals surface area contributed by atoms with Crippen LogP contribution in [0.15, 0.2) is 30.5 Å². The molecule has 0 bridgehead atoms. The molecule has 0 fully saturated rings. The molecule has 1 aromatic heterocycles. The van der Waals surface area contributed by atoms with Crippen molar-refractivity contribution in [3.05, 3.63) is 36.3 Å². The lowest BCUT2D eigenvalue weighted by atomic mass is 10.1. The van der Waals surface area contributed by atoms with E-state index in [0.29, 0.717) is 0 Å². The lowest BCUT2D eigenvalue weighted by molar-refractivity contribution is 0.242. The Labute approximate surface area is 114 Å². The molecular weight excluding hydrogens is 238 g/mol.